The Morgan fingerprint density at radius 1 is 1.64 bits per heavy atom. The fraction of sp³-hybridized carbons (Fsp3) is 0.250. The highest BCUT2D eigenvalue weighted by Crippen LogP contribution is 2.33. The summed E-state index contributed by atoms with van der Waals surface area (Å²) in [7, 11) is 0. The van der Waals surface area contributed by atoms with E-state index in [1.165, 1.54) is 0 Å². The van der Waals surface area contributed by atoms with Gasteiger partial charge in [-0.2, -0.15) is 0 Å². The van der Waals surface area contributed by atoms with E-state index in [0.717, 1.165) is 6.20 Å². The molecule has 0 aliphatic carbocycles. The molecule has 0 fully saturated rings. The lowest BCUT2D eigenvalue weighted by Crippen LogP contribution is -1.99. The van der Waals surface area contributed by atoms with E-state index in [0.29, 0.717) is 0 Å². The van der Waals surface area contributed by atoms with E-state index in [2.05, 4.69) is 20.9 Å². The SMILES string of the molecule is O=Cc1ncc(CBr)c(C(F)F)c1O. The summed E-state index contributed by atoms with van der Waals surface area (Å²) >= 11 is 2.98. The van der Waals surface area contributed by atoms with Crippen LogP contribution in [0.1, 0.15) is 28.0 Å². The van der Waals surface area contributed by atoms with Crippen molar-refractivity contribution in [2.45, 2.75) is 11.8 Å². The van der Waals surface area contributed by atoms with Crippen LogP contribution in [-0.2, 0) is 5.33 Å². The number of hydrogen-bond donors (Lipinski definition) is 1. The Kier molecular flexibility index (Phi) is 3.51. The molecular weight excluding hydrogens is 260 g/mol. The number of aromatic hydroxyl groups is 1. The standard InChI is InChI=1S/C8H6BrF2NO2/c9-1-4-2-12-5(3-13)7(14)6(4)8(10)11/h2-3,8,14H,1H2. The molecule has 0 amide bonds. The van der Waals surface area contributed by atoms with Crippen LogP contribution >= 0.6 is 15.9 Å². The van der Waals surface area contributed by atoms with Gasteiger partial charge in [0, 0.05) is 11.5 Å². The Morgan fingerprint density at radius 3 is 2.71 bits per heavy atom. The Hall–Kier alpha value is -1.04. The minimum atomic E-state index is -2.83. The molecule has 76 valence electrons. The topological polar surface area (TPSA) is 50.2 Å². The molecule has 1 aromatic rings. The lowest BCUT2D eigenvalue weighted by Gasteiger charge is -2.08. The molecule has 0 atom stereocenters. The predicted molar refractivity (Wildman–Crippen MR) is 48.9 cm³/mol. The molecular formula is C8H6BrF2NO2. The van der Waals surface area contributed by atoms with Gasteiger partial charge in [-0.3, -0.25) is 4.79 Å². The van der Waals surface area contributed by atoms with E-state index in [9.17, 15) is 18.7 Å². The van der Waals surface area contributed by atoms with E-state index >= 15 is 0 Å². The van der Waals surface area contributed by atoms with Crippen molar-refractivity contribution in [2.75, 3.05) is 0 Å². The number of halogens is 3. The molecule has 1 N–H and O–H groups in total. The second-order valence-corrected chi connectivity index (χ2v) is 3.04. The Labute approximate surface area is 86.9 Å². The van der Waals surface area contributed by atoms with E-state index in [1.54, 1.807) is 0 Å². The van der Waals surface area contributed by atoms with Crippen molar-refractivity contribution < 1.29 is 18.7 Å². The molecule has 0 aliphatic heterocycles. The molecule has 0 aromatic carbocycles. The minimum Gasteiger partial charge on any atom is -0.505 e. The van der Waals surface area contributed by atoms with Gasteiger partial charge in [-0.05, 0) is 5.56 Å². The van der Waals surface area contributed by atoms with Gasteiger partial charge in [0.1, 0.15) is 5.69 Å². The Balaban J connectivity index is 3.38. The van der Waals surface area contributed by atoms with E-state index in [4.69, 9.17) is 0 Å². The zero-order chi connectivity index (χ0) is 10.7. The number of carbonyl (C=O) groups is 1. The summed E-state index contributed by atoms with van der Waals surface area (Å²) < 4.78 is 24.9. The predicted octanol–water partition coefficient (Wildman–Crippen LogP) is 2.43. The van der Waals surface area contributed by atoms with Gasteiger partial charge in [0.05, 0.1) is 5.56 Å². The summed E-state index contributed by atoms with van der Waals surface area (Å²) in [6.07, 6.45) is -1.46. The largest absolute Gasteiger partial charge is 0.505 e. The van der Waals surface area contributed by atoms with Crippen molar-refractivity contribution in [3.63, 3.8) is 0 Å². The molecule has 1 rings (SSSR count). The van der Waals surface area contributed by atoms with Crippen molar-refractivity contribution in [1.29, 1.82) is 0 Å². The average molecular weight is 266 g/mol. The zero-order valence-corrected chi connectivity index (χ0v) is 8.46. The van der Waals surface area contributed by atoms with Crippen LogP contribution in [0.5, 0.6) is 5.75 Å². The third-order valence-corrected chi connectivity index (χ3v) is 2.28. The molecule has 0 radical (unpaired) electrons. The van der Waals surface area contributed by atoms with Crippen LogP contribution in [0.15, 0.2) is 6.20 Å². The summed E-state index contributed by atoms with van der Waals surface area (Å²) in [6, 6.07) is 0. The van der Waals surface area contributed by atoms with Gasteiger partial charge in [-0.25, -0.2) is 13.8 Å². The molecule has 0 spiro atoms. The first-order valence-electron chi connectivity index (χ1n) is 3.61. The van der Waals surface area contributed by atoms with Crippen LogP contribution in [0, 0.1) is 0 Å². The lowest BCUT2D eigenvalue weighted by molar-refractivity contribution is 0.111. The van der Waals surface area contributed by atoms with Crippen LogP contribution in [0.25, 0.3) is 0 Å². The molecule has 1 aromatic heterocycles. The lowest BCUT2D eigenvalue weighted by atomic mass is 10.1. The first-order valence-corrected chi connectivity index (χ1v) is 4.74. The maximum Gasteiger partial charge on any atom is 0.267 e. The smallest absolute Gasteiger partial charge is 0.267 e. The van der Waals surface area contributed by atoms with Crippen LogP contribution in [0.4, 0.5) is 8.78 Å². The van der Waals surface area contributed by atoms with E-state index in [-0.39, 0.29) is 22.9 Å². The fourth-order valence-electron chi connectivity index (χ4n) is 1.00. The van der Waals surface area contributed by atoms with Crippen molar-refractivity contribution >= 4 is 22.2 Å². The number of rotatable bonds is 3. The van der Waals surface area contributed by atoms with Crippen molar-refractivity contribution in [1.82, 2.24) is 4.98 Å². The number of alkyl halides is 3. The maximum absolute atomic E-state index is 12.5. The third kappa shape index (κ3) is 1.89. The number of aldehydes is 1. The minimum absolute atomic E-state index is 0.145. The fourth-order valence-corrected chi connectivity index (χ4v) is 1.45. The van der Waals surface area contributed by atoms with E-state index in [1.807, 2.05) is 0 Å². The maximum atomic E-state index is 12.5. The highest BCUT2D eigenvalue weighted by Gasteiger charge is 2.20. The molecule has 6 heteroatoms. The summed E-state index contributed by atoms with van der Waals surface area (Å²) in [4.78, 5) is 13.9. The van der Waals surface area contributed by atoms with Gasteiger partial charge in [-0.1, -0.05) is 15.9 Å². The van der Waals surface area contributed by atoms with Crippen LogP contribution in [0.3, 0.4) is 0 Å². The number of aromatic nitrogens is 1. The summed E-state index contributed by atoms with van der Waals surface area (Å²) in [5.41, 5.74) is -0.743. The van der Waals surface area contributed by atoms with Gasteiger partial charge in [0.15, 0.2) is 12.0 Å². The summed E-state index contributed by atoms with van der Waals surface area (Å²) in [5.74, 6) is -0.744. The number of pyridine rings is 1. The highest BCUT2D eigenvalue weighted by atomic mass is 79.9. The molecule has 3 nitrogen and oxygen atoms in total. The van der Waals surface area contributed by atoms with Crippen molar-refractivity contribution in [3.8, 4) is 5.75 Å². The molecule has 0 unspecified atom stereocenters. The van der Waals surface area contributed by atoms with Crippen LogP contribution < -0.4 is 0 Å². The molecule has 0 aliphatic rings. The molecule has 14 heavy (non-hydrogen) atoms. The van der Waals surface area contributed by atoms with Crippen molar-refractivity contribution in [2.24, 2.45) is 0 Å². The van der Waals surface area contributed by atoms with Crippen LogP contribution in [-0.4, -0.2) is 16.4 Å². The van der Waals surface area contributed by atoms with E-state index < -0.39 is 17.7 Å². The quantitative estimate of drug-likeness (QED) is 0.675. The Morgan fingerprint density at radius 2 is 2.29 bits per heavy atom. The molecule has 0 bridgehead atoms. The second kappa shape index (κ2) is 4.45. The first kappa shape index (κ1) is 11.0. The van der Waals surface area contributed by atoms with Gasteiger partial charge in [0.25, 0.3) is 6.43 Å². The molecule has 0 saturated carbocycles. The molecule has 1 heterocycles. The van der Waals surface area contributed by atoms with Crippen LogP contribution in [0.2, 0.25) is 0 Å². The number of hydrogen-bond acceptors (Lipinski definition) is 3. The van der Waals surface area contributed by atoms with Gasteiger partial charge in [0.2, 0.25) is 0 Å². The van der Waals surface area contributed by atoms with Gasteiger partial charge >= 0.3 is 0 Å². The van der Waals surface area contributed by atoms with Gasteiger partial charge < -0.3 is 5.11 Å². The third-order valence-electron chi connectivity index (χ3n) is 1.68. The normalized spacial score (nSPS) is 10.6. The second-order valence-electron chi connectivity index (χ2n) is 2.48. The molecule has 0 saturated heterocycles. The zero-order valence-electron chi connectivity index (χ0n) is 6.88. The first-order chi connectivity index (χ1) is 6.61. The van der Waals surface area contributed by atoms with Gasteiger partial charge in [-0.15, -0.1) is 0 Å². The number of nitrogens with zero attached hydrogens (tertiary/aromatic N) is 1. The van der Waals surface area contributed by atoms with Crippen molar-refractivity contribution in [3.05, 3.63) is 23.0 Å². The number of carbonyl (C=O) groups excluding carboxylic acids is 1. The highest BCUT2D eigenvalue weighted by molar-refractivity contribution is 9.08. The summed E-state index contributed by atoms with van der Waals surface area (Å²) in [5, 5.41) is 9.42. The average Bonchev–Trinajstić information content (AvgIpc) is 2.16. The summed E-state index contributed by atoms with van der Waals surface area (Å²) in [6.45, 7) is 0. The Bertz CT molecular complexity index is 357. The monoisotopic (exact) mass is 265 g/mol.